The van der Waals surface area contributed by atoms with Crippen LogP contribution < -0.4 is 10.1 Å². The van der Waals surface area contributed by atoms with Crippen LogP contribution in [0.25, 0.3) is 17.1 Å². The molecule has 0 aliphatic heterocycles. The molecule has 8 heteroatoms. The van der Waals surface area contributed by atoms with E-state index in [1.54, 1.807) is 12.4 Å². The number of hydrogen-bond donors (Lipinski definition) is 1. The summed E-state index contributed by atoms with van der Waals surface area (Å²) in [6, 6.07) is 11.4. The normalized spacial score (nSPS) is 10.3. The van der Waals surface area contributed by atoms with Crippen molar-refractivity contribution in [1.82, 2.24) is 25.1 Å². The van der Waals surface area contributed by atoms with E-state index in [2.05, 4.69) is 26.4 Å². The van der Waals surface area contributed by atoms with Crippen molar-refractivity contribution in [2.75, 3.05) is 18.9 Å². The number of nitrogens with zero attached hydrogens (tertiary/aromatic N) is 4. The number of ether oxygens (including phenoxy) is 1. The maximum atomic E-state index is 11.9. The van der Waals surface area contributed by atoms with Gasteiger partial charge in [0.05, 0.1) is 18.9 Å². The second-order valence-electron chi connectivity index (χ2n) is 5.57. The highest BCUT2D eigenvalue weighted by Crippen LogP contribution is 2.28. The van der Waals surface area contributed by atoms with Crippen molar-refractivity contribution < 1.29 is 9.53 Å². The molecule has 0 atom stereocenters. The third kappa shape index (κ3) is 4.69. The van der Waals surface area contributed by atoms with Crippen LogP contribution in [-0.4, -0.2) is 44.6 Å². The number of rotatable bonds is 8. The summed E-state index contributed by atoms with van der Waals surface area (Å²) >= 11 is 1.29. The monoisotopic (exact) mass is 393 g/mol. The molecule has 0 saturated carbocycles. The molecule has 1 amide bonds. The quantitative estimate of drug-likeness (QED) is 0.468. The molecule has 0 bridgehead atoms. The van der Waals surface area contributed by atoms with Gasteiger partial charge >= 0.3 is 0 Å². The summed E-state index contributed by atoms with van der Waals surface area (Å²) in [4.78, 5) is 16.0. The maximum absolute atomic E-state index is 11.9. The lowest BCUT2D eigenvalue weighted by molar-refractivity contribution is -0.118. The Hall–Kier alpha value is -3.31. The average molecular weight is 393 g/mol. The standard InChI is InChI=1S/C20H19N5O2S/c1-3-11-22-18(26)14-28-20-24-23-19(15-9-12-21-13-10-15)25(20)16-5-7-17(8-6-16)27-4-2/h1,5-10,12-13H,4,11,14H2,2H3,(H,22,26). The van der Waals surface area contributed by atoms with E-state index in [4.69, 9.17) is 11.2 Å². The molecule has 2 heterocycles. The van der Waals surface area contributed by atoms with Gasteiger partial charge in [0.2, 0.25) is 5.91 Å². The first-order valence-corrected chi connectivity index (χ1v) is 9.63. The number of pyridine rings is 1. The topological polar surface area (TPSA) is 81.9 Å². The SMILES string of the molecule is C#CCNC(=O)CSc1nnc(-c2ccncc2)n1-c1ccc(OCC)cc1. The van der Waals surface area contributed by atoms with Gasteiger partial charge in [0.15, 0.2) is 11.0 Å². The minimum absolute atomic E-state index is 0.158. The molecular weight excluding hydrogens is 374 g/mol. The van der Waals surface area contributed by atoms with Crippen molar-refractivity contribution in [3.05, 3.63) is 48.8 Å². The smallest absolute Gasteiger partial charge is 0.231 e. The summed E-state index contributed by atoms with van der Waals surface area (Å²) < 4.78 is 7.42. The first-order chi connectivity index (χ1) is 13.7. The van der Waals surface area contributed by atoms with Crippen LogP contribution in [0.2, 0.25) is 0 Å². The number of terminal acetylenes is 1. The first kappa shape index (κ1) is 19.5. The van der Waals surface area contributed by atoms with Crippen molar-refractivity contribution >= 4 is 17.7 Å². The molecule has 0 aliphatic rings. The summed E-state index contributed by atoms with van der Waals surface area (Å²) in [5.41, 5.74) is 1.74. The molecule has 0 aliphatic carbocycles. The molecule has 0 radical (unpaired) electrons. The minimum atomic E-state index is -0.158. The van der Waals surface area contributed by atoms with Crippen LogP contribution in [-0.2, 0) is 4.79 Å². The van der Waals surface area contributed by atoms with E-state index < -0.39 is 0 Å². The number of amides is 1. The molecule has 3 rings (SSSR count). The Bertz CT molecular complexity index is 965. The third-order valence-corrected chi connectivity index (χ3v) is 4.63. The van der Waals surface area contributed by atoms with Crippen molar-refractivity contribution in [3.63, 3.8) is 0 Å². The number of benzene rings is 1. The van der Waals surface area contributed by atoms with Gasteiger partial charge in [-0.15, -0.1) is 16.6 Å². The van der Waals surface area contributed by atoms with Gasteiger partial charge in [-0.25, -0.2) is 0 Å². The molecule has 0 fully saturated rings. The largest absolute Gasteiger partial charge is 0.494 e. The molecule has 0 spiro atoms. The Morgan fingerprint density at radius 3 is 2.64 bits per heavy atom. The van der Waals surface area contributed by atoms with E-state index in [1.807, 2.05) is 47.9 Å². The fourth-order valence-corrected chi connectivity index (χ4v) is 3.25. The molecular formula is C20H19N5O2S. The van der Waals surface area contributed by atoms with Crippen LogP contribution in [0.3, 0.4) is 0 Å². The minimum Gasteiger partial charge on any atom is -0.494 e. The molecule has 2 aromatic heterocycles. The molecule has 1 aromatic carbocycles. The average Bonchev–Trinajstić information content (AvgIpc) is 3.16. The Morgan fingerprint density at radius 1 is 1.21 bits per heavy atom. The number of nitrogens with one attached hydrogen (secondary N) is 1. The first-order valence-electron chi connectivity index (χ1n) is 8.65. The molecule has 142 valence electrons. The van der Waals surface area contributed by atoms with Gasteiger partial charge in [-0.1, -0.05) is 17.7 Å². The Morgan fingerprint density at radius 2 is 1.96 bits per heavy atom. The van der Waals surface area contributed by atoms with Crippen molar-refractivity contribution in [3.8, 4) is 35.2 Å². The van der Waals surface area contributed by atoms with E-state index in [1.165, 1.54) is 11.8 Å². The zero-order chi connectivity index (χ0) is 19.8. The van der Waals surface area contributed by atoms with Gasteiger partial charge in [0, 0.05) is 23.6 Å². The fourth-order valence-electron chi connectivity index (χ4n) is 2.47. The Kier molecular flexibility index (Phi) is 6.65. The number of aromatic nitrogens is 4. The van der Waals surface area contributed by atoms with E-state index in [9.17, 15) is 4.79 Å². The molecule has 28 heavy (non-hydrogen) atoms. The van der Waals surface area contributed by atoms with E-state index in [0.29, 0.717) is 17.6 Å². The van der Waals surface area contributed by atoms with Gasteiger partial charge in [-0.2, -0.15) is 0 Å². The van der Waals surface area contributed by atoms with Crippen LogP contribution in [0.5, 0.6) is 5.75 Å². The highest BCUT2D eigenvalue weighted by molar-refractivity contribution is 7.99. The number of hydrogen-bond acceptors (Lipinski definition) is 6. The zero-order valence-electron chi connectivity index (χ0n) is 15.3. The molecule has 1 N–H and O–H groups in total. The highest BCUT2D eigenvalue weighted by atomic mass is 32.2. The van der Waals surface area contributed by atoms with Crippen LogP contribution in [0.1, 0.15) is 6.92 Å². The predicted molar refractivity (Wildman–Crippen MR) is 108 cm³/mol. The van der Waals surface area contributed by atoms with Crippen LogP contribution in [0.15, 0.2) is 53.9 Å². The van der Waals surface area contributed by atoms with Gasteiger partial charge in [0.1, 0.15) is 5.75 Å². The van der Waals surface area contributed by atoms with E-state index in [-0.39, 0.29) is 18.2 Å². The van der Waals surface area contributed by atoms with Gasteiger partial charge in [0.25, 0.3) is 0 Å². The molecule has 0 saturated heterocycles. The highest BCUT2D eigenvalue weighted by Gasteiger charge is 2.17. The van der Waals surface area contributed by atoms with Crippen molar-refractivity contribution in [2.24, 2.45) is 0 Å². The maximum Gasteiger partial charge on any atom is 0.231 e. The lowest BCUT2D eigenvalue weighted by atomic mass is 10.2. The second kappa shape index (κ2) is 9.58. The van der Waals surface area contributed by atoms with Crippen LogP contribution in [0.4, 0.5) is 0 Å². The zero-order valence-corrected chi connectivity index (χ0v) is 16.1. The number of carbonyl (C=O) groups is 1. The van der Waals surface area contributed by atoms with E-state index in [0.717, 1.165) is 17.0 Å². The van der Waals surface area contributed by atoms with Gasteiger partial charge in [-0.3, -0.25) is 14.3 Å². The lowest BCUT2D eigenvalue weighted by Gasteiger charge is -2.11. The van der Waals surface area contributed by atoms with Gasteiger partial charge < -0.3 is 10.1 Å². The number of thioether (sulfide) groups is 1. The van der Waals surface area contributed by atoms with Crippen molar-refractivity contribution in [2.45, 2.75) is 12.1 Å². The Labute approximate surface area is 167 Å². The predicted octanol–water partition coefficient (Wildman–Crippen LogP) is 2.57. The molecule has 7 nitrogen and oxygen atoms in total. The fraction of sp³-hybridized carbons (Fsp3) is 0.200. The van der Waals surface area contributed by atoms with Gasteiger partial charge in [-0.05, 0) is 43.3 Å². The summed E-state index contributed by atoms with van der Waals surface area (Å²) in [5.74, 6) is 3.86. The van der Waals surface area contributed by atoms with E-state index >= 15 is 0 Å². The van der Waals surface area contributed by atoms with Crippen molar-refractivity contribution in [1.29, 1.82) is 0 Å². The Balaban J connectivity index is 1.93. The lowest BCUT2D eigenvalue weighted by Crippen LogP contribution is -2.25. The summed E-state index contributed by atoms with van der Waals surface area (Å²) in [6.45, 7) is 2.74. The summed E-state index contributed by atoms with van der Waals surface area (Å²) in [7, 11) is 0. The summed E-state index contributed by atoms with van der Waals surface area (Å²) in [5, 5.41) is 11.9. The summed E-state index contributed by atoms with van der Waals surface area (Å²) in [6.07, 6.45) is 8.57. The molecule has 3 aromatic rings. The van der Waals surface area contributed by atoms with Crippen LogP contribution in [0, 0.1) is 12.3 Å². The number of carbonyl (C=O) groups excluding carboxylic acids is 1. The third-order valence-electron chi connectivity index (χ3n) is 3.70. The second-order valence-corrected chi connectivity index (χ2v) is 6.52. The molecule has 0 unspecified atom stereocenters. The van der Waals surface area contributed by atoms with Crippen LogP contribution >= 0.6 is 11.8 Å².